The molecule has 1 aromatic carbocycles. The van der Waals surface area contributed by atoms with Crippen LogP contribution in [0.4, 0.5) is 0 Å². The Labute approximate surface area is 97.4 Å². The molecule has 0 aliphatic heterocycles. The third-order valence-electron chi connectivity index (χ3n) is 1.39. The molecular weight excluding hydrogens is 228 g/mol. The van der Waals surface area contributed by atoms with Crippen molar-refractivity contribution in [3.63, 3.8) is 0 Å². The Balaban J connectivity index is 0.000000557. The highest BCUT2D eigenvalue weighted by Crippen LogP contribution is 2.21. The van der Waals surface area contributed by atoms with E-state index in [4.69, 9.17) is 9.90 Å². The number of aromatic hydroxyl groups is 1. The quantitative estimate of drug-likeness (QED) is 0.458. The molecule has 0 amide bonds. The number of aldehydes is 1. The van der Waals surface area contributed by atoms with Crippen molar-refractivity contribution >= 4 is 18.2 Å². The van der Waals surface area contributed by atoms with E-state index < -0.39 is 11.9 Å². The number of carbonyl (C=O) groups excluding carboxylic acids is 2. The number of carbonyl (C=O) groups is 3. The molecule has 0 aromatic heterocycles. The van der Waals surface area contributed by atoms with Crippen LogP contribution in [-0.4, -0.2) is 28.4 Å². The Hall–Kier alpha value is -2.37. The maximum absolute atomic E-state index is 10.5. The van der Waals surface area contributed by atoms with Gasteiger partial charge in [0, 0.05) is 19.9 Å². The highest BCUT2D eigenvalue weighted by atomic mass is 16.5. The lowest BCUT2D eigenvalue weighted by Crippen LogP contribution is -2.01. The number of hydrogen-bond acceptors (Lipinski definition) is 5. The van der Waals surface area contributed by atoms with Crippen LogP contribution < -0.4 is 4.74 Å². The topological polar surface area (TPSA) is 101 Å². The van der Waals surface area contributed by atoms with E-state index in [-0.39, 0.29) is 17.1 Å². The van der Waals surface area contributed by atoms with Gasteiger partial charge < -0.3 is 14.9 Å². The first-order valence-electron chi connectivity index (χ1n) is 4.53. The van der Waals surface area contributed by atoms with Crippen molar-refractivity contribution in [2.45, 2.75) is 13.8 Å². The highest BCUT2D eigenvalue weighted by molar-refractivity contribution is 5.80. The number of carboxylic acid groups (broad SMARTS) is 1. The van der Waals surface area contributed by atoms with Crippen LogP contribution in [0.5, 0.6) is 11.5 Å². The van der Waals surface area contributed by atoms with Gasteiger partial charge in [-0.05, 0) is 12.1 Å². The minimum atomic E-state index is -0.833. The van der Waals surface area contributed by atoms with E-state index in [1.54, 1.807) is 0 Å². The number of benzene rings is 1. The fourth-order valence-corrected chi connectivity index (χ4v) is 0.853. The summed E-state index contributed by atoms with van der Waals surface area (Å²) in [6, 6.07) is 4.02. The summed E-state index contributed by atoms with van der Waals surface area (Å²) < 4.78 is 4.68. The number of phenols is 1. The van der Waals surface area contributed by atoms with Crippen molar-refractivity contribution in [2.24, 2.45) is 0 Å². The predicted octanol–water partition coefficient (Wildman–Crippen LogP) is 1.22. The molecule has 2 N–H and O–H groups in total. The first-order valence-corrected chi connectivity index (χ1v) is 4.53. The van der Waals surface area contributed by atoms with Crippen LogP contribution in [-0.2, 0) is 9.59 Å². The highest BCUT2D eigenvalue weighted by Gasteiger charge is 2.03. The van der Waals surface area contributed by atoms with Crippen LogP contribution in [0, 0.1) is 0 Å². The molecule has 0 radical (unpaired) electrons. The molecule has 0 aliphatic carbocycles. The van der Waals surface area contributed by atoms with Crippen molar-refractivity contribution in [2.75, 3.05) is 0 Å². The van der Waals surface area contributed by atoms with E-state index in [9.17, 15) is 14.7 Å². The smallest absolute Gasteiger partial charge is 0.308 e. The number of phenolic OH excluding ortho intramolecular Hbond substituents is 1. The van der Waals surface area contributed by atoms with Crippen molar-refractivity contribution in [1.82, 2.24) is 0 Å². The number of esters is 1. The number of hydrogen-bond donors (Lipinski definition) is 2. The summed E-state index contributed by atoms with van der Waals surface area (Å²) >= 11 is 0. The van der Waals surface area contributed by atoms with Crippen LogP contribution in [0.25, 0.3) is 0 Å². The maximum Gasteiger partial charge on any atom is 0.308 e. The van der Waals surface area contributed by atoms with Crippen LogP contribution >= 0.6 is 0 Å². The van der Waals surface area contributed by atoms with E-state index in [1.165, 1.54) is 25.1 Å². The Bertz CT molecular complexity index is 420. The predicted molar refractivity (Wildman–Crippen MR) is 58.1 cm³/mol. The second kappa shape index (κ2) is 7.00. The average molecular weight is 240 g/mol. The zero-order chi connectivity index (χ0) is 13.4. The van der Waals surface area contributed by atoms with Crippen molar-refractivity contribution in [1.29, 1.82) is 0 Å². The molecule has 0 saturated heterocycles. The molecule has 0 atom stereocenters. The molecular formula is C11H12O6. The molecule has 1 aromatic rings. The zero-order valence-electron chi connectivity index (χ0n) is 9.34. The molecule has 6 nitrogen and oxygen atoms in total. The summed E-state index contributed by atoms with van der Waals surface area (Å²) in [5, 5.41) is 16.6. The van der Waals surface area contributed by atoms with E-state index in [1.807, 2.05) is 0 Å². The molecule has 17 heavy (non-hydrogen) atoms. The third kappa shape index (κ3) is 6.67. The summed E-state index contributed by atoms with van der Waals surface area (Å²) in [7, 11) is 0. The van der Waals surface area contributed by atoms with Gasteiger partial charge in [-0.2, -0.15) is 0 Å². The number of aliphatic carboxylic acids is 1. The average Bonchev–Trinajstić information content (AvgIpc) is 2.16. The van der Waals surface area contributed by atoms with Crippen molar-refractivity contribution in [3.05, 3.63) is 23.8 Å². The molecule has 0 aliphatic rings. The summed E-state index contributed by atoms with van der Waals surface area (Å²) in [4.78, 5) is 29.8. The Morgan fingerprint density at radius 2 is 1.82 bits per heavy atom. The second-order valence-electron chi connectivity index (χ2n) is 2.95. The molecule has 0 bridgehead atoms. The third-order valence-corrected chi connectivity index (χ3v) is 1.39. The first-order chi connectivity index (χ1) is 7.86. The van der Waals surface area contributed by atoms with Gasteiger partial charge in [-0.3, -0.25) is 14.4 Å². The van der Waals surface area contributed by atoms with Gasteiger partial charge in [0.05, 0.1) is 5.56 Å². The molecule has 0 heterocycles. The lowest BCUT2D eigenvalue weighted by atomic mass is 10.2. The monoisotopic (exact) mass is 240 g/mol. The van der Waals surface area contributed by atoms with Crippen LogP contribution in [0.1, 0.15) is 24.2 Å². The van der Waals surface area contributed by atoms with E-state index in [0.29, 0.717) is 6.29 Å². The van der Waals surface area contributed by atoms with Gasteiger partial charge in [0.1, 0.15) is 11.5 Å². The van der Waals surface area contributed by atoms with Gasteiger partial charge in [0.2, 0.25) is 0 Å². The molecule has 1 rings (SSSR count). The second-order valence-corrected chi connectivity index (χ2v) is 2.95. The molecule has 6 heteroatoms. The van der Waals surface area contributed by atoms with Gasteiger partial charge in [0.15, 0.2) is 6.29 Å². The number of carboxylic acids is 1. The van der Waals surface area contributed by atoms with Crippen molar-refractivity contribution in [3.8, 4) is 11.5 Å². The number of rotatable bonds is 2. The van der Waals surface area contributed by atoms with Gasteiger partial charge >= 0.3 is 5.97 Å². The molecule has 92 valence electrons. The van der Waals surface area contributed by atoms with Crippen LogP contribution in [0.3, 0.4) is 0 Å². The van der Waals surface area contributed by atoms with Crippen LogP contribution in [0.2, 0.25) is 0 Å². The lowest BCUT2D eigenvalue weighted by molar-refractivity contribution is -0.134. The normalized spacial score (nSPS) is 8.59. The van der Waals surface area contributed by atoms with Crippen molar-refractivity contribution < 1.29 is 29.3 Å². The summed E-state index contributed by atoms with van der Waals surface area (Å²) in [6.45, 7) is 2.34. The standard InChI is InChI=1S/C9H8O4.C2H4O2/c1-6(11)13-8-3-2-7(5-10)9(12)4-8;1-2(3)4/h2-5,12H,1H3;1H3,(H,3,4). The van der Waals surface area contributed by atoms with Gasteiger partial charge in [-0.15, -0.1) is 0 Å². The molecule has 0 unspecified atom stereocenters. The summed E-state index contributed by atoms with van der Waals surface area (Å²) in [5.74, 6) is -1.29. The first kappa shape index (κ1) is 14.6. The molecule has 0 saturated carbocycles. The van der Waals surface area contributed by atoms with E-state index in [2.05, 4.69) is 4.74 Å². The van der Waals surface area contributed by atoms with E-state index in [0.717, 1.165) is 6.92 Å². The molecule has 0 spiro atoms. The lowest BCUT2D eigenvalue weighted by Gasteiger charge is -2.02. The van der Waals surface area contributed by atoms with E-state index >= 15 is 0 Å². The Morgan fingerprint density at radius 3 is 2.18 bits per heavy atom. The zero-order valence-corrected chi connectivity index (χ0v) is 9.34. The summed E-state index contributed by atoms with van der Waals surface area (Å²) in [6.07, 6.45) is 0.521. The fraction of sp³-hybridized carbons (Fsp3) is 0.182. The SMILES string of the molecule is CC(=O)O.CC(=O)Oc1ccc(C=O)c(O)c1. The van der Waals surface area contributed by atoms with Crippen LogP contribution in [0.15, 0.2) is 18.2 Å². The summed E-state index contributed by atoms with van der Waals surface area (Å²) in [5.41, 5.74) is 0.163. The van der Waals surface area contributed by atoms with Gasteiger partial charge in [-0.1, -0.05) is 0 Å². The fourth-order valence-electron chi connectivity index (χ4n) is 0.853. The Kier molecular flexibility index (Phi) is 6.02. The van der Waals surface area contributed by atoms with Gasteiger partial charge in [0.25, 0.3) is 5.97 Å². The molecule has 0 fully saturated rings. The van der Waals surface area contributed by atoms with Gasteiger partial charge in [-0.25, -0.2) is 0 Å². The maximum atomic E-state index is 10.5. The Morgan fingerprint density at radius 1 is 1.29 bits per heavy atom. The minimum Gasteiger partial charge on any atom is -0.507 e. The minimum absolute atomic E-state index is 0.163. The number of ether oxygens (including phenoxy) is 1. The largest absolute Gasteiger partial charge is 0.507 e.